The van der Waals surface area contributed by atoms with Crippen LogP contribution in [0.5, 0.6) is 0 Å². The van der Waals surface area contributed by atoms with Gasteiger partial charge in [0.15, 0.2) is 0 Å². The third-order valence-corrected chi connectivity index (χ3v) is 3.27. The maximum Gasteiger partial charge on any atom is 0.100 e. The lowest BCUT2D eigenvalue weighted by atomic mass is 9.97. The van der Waals surface area contributed by atoms with E-state index in [9.17, 15) is 5.11 Å². The van der Waals surface area contributed by atoms with Crippen LogP contribution < -0.4 is 0 Å². The lowest BCUT2D eigenvalue weighted by Crippen LogP contribution is -2.00. The molecular weight excluding hydrogens is 184 g/mol. The molecule has 1 N–H and O–H groups in total. The predicted molar refractivity (Wildman–Crippen MR) is 62.8 cm³/mol. The molecule has 0 aliphatic heterocycles. The van der Waals surface area contributed by atoms with Crippen LogP contribution >= 0.6 is 0 Å². The van der Waals surface area contributed by atoms with Crippen LogP contribution in [0.15, 0.2) is 29.8 Å². The molecule has 1 atom stereocenters. The van der Waals surface area contributed by atoms with Gasteiger partial charge < -0.3 is 5.11 Å². The Kier molecular flexibility index (Phi) is 2.92. The van der Waals surface area contributed by atoms with Crippen LogP contribution in [0.2, 0.25) is 0 Å². The smallest absolute Gasteiger partial charge is 0.100 e. The Balaban J connectivity index is 2.25. The van der Waals surface area contributed by atoms with E-state index in [2.05, 4.69) is 32.1 Å². The fourth-order valence-corrected chi connectivity index (χ4v) is 2.09. The highest BCUT2D eigenvalue weighted by Gasteiger charge is 2.16. The first-order valence-electron chi connectivity index (χ1n) is 5.62. The van der Waals surface area contributed by atoms with Crippen molar-refractivity contribution in [3.05, 3.63) is 46.5 Å². The summed E-state index contributed by atoms with van der Waals surface area (Å²) < 4.78 is 0. The third kappa shape index (κ3) is 2.13. The van der Waals surface area contributed by atoms with Crippen molar-refractivity contribution < 1.29 is 5.11 Å². The number of benzene rings is 1. The van der Waals surface area contributed by atoms with Crippen molar-refractivity contribution in [2.75, 3.05) is 0 Å². The Morgan fingerprint density at radius 2 is 2.00 bits per heavy atom. The van der Waals surface area contributed by atoms with E-state index in [-0.39, 0.29) is 6.10 Å². The summed E-state index contributed by atoms with van der Waals surface area (Å²) in [7, 11) is 0. The van der Waals surface area contributed by atoms with Gasteiger partial charge in [0.05, 0.1) is 0 Å². The molecule has 0 bridgehead atoms. The molecule has 1 aliphatic rings. The van der Waals surface area contributed by atoms with Gasteiger partial charge in [-0.2, -0.15) is 0 Å². The highest BCUT2D eigenvalue weighted by Crippen LogP contribution is 2.31. The van der Waals surface area contributed by atoms with Crippen molar-refractivity contribution in [2.45, 2.75) is 39.2 Å². The minimum atomic E-state index is -0.383. The van der Waals surface area contributed by atoms with Gasteiger partial charge in [-0.1, -0.05) is 24.3 Å². The van der Waals surface area contributed by atoms with Gasteiger partial charge in [-0.25, -0.2) is 0 Å². The largest absolute Gasteiger partial charge is 0.384 e. The van der Waals surface area contributed by atoms with Crippen LogP contribution in [0.25, 0.3) is 0 Å². The summed E-state index contributed by atoms with van der Waals surface area (Å²) in [6, 6.07) is 6.22. The molecule has 1 aromatic rings. The molecule has 15 heavy (non-hydrogen) atoms. The fraction of sp³-hybridized carbons (Fsp3) is 0.429. The summed E-state index contributed by atoms with van der Waals surface area (Å²) in [6.07, 6.45) is 5.16. The Bertz CT molecular complexity index is 390. The fourth-order valence-electron chi connectivity index (χ4n) is 2.09. The van der Waals surface area contributed by atoms with Crippen LogP contribution in [0.3, 0.4) is 0 Å². The van der Waals surface area contributed by atoms with Gasteiger partial charge in [0.1, 0.15) is 6.10 Å². The molecule has 0 radical (unpaired) electrons. The number of aliphatic hydroxyl groups excluding tert-OH is 1. The van der Waals surface area contributed by atoms with Crippen molar-refractivity contribution in [3.8, 4) is 0 Å². The minimum Gasteiger partial charge on any atom is -0.384 e. The summed E-state index contributed by atoms with van der Waals surface area (Å²) in [4.78, 5) is 0. The molecule has 0 saturated heterocycles. The molecule has 80 valence electrons. The first-order valence-corrected chi connectivity index (χ1v) is 5.62. The second-order valence-electron chi connectivity index (χ2n) is 4.42. The maximum atomic E-state index is 10.2. The summed E-state index contributed by atoms with van der Waals surface area (Å²) in [5.74, 6) is 0. The van der Waals surface area contributed by atoms with E-state index in [4.69, 9.17) is 0 Å². The maximum absolute atomic E-state index is 10.2. The average molecular weight is 202 g/mol. The summed E-state index contributed by atoms with van der Waals surface area (Å²) in [5.41, 5.74) is 4.76. The summed E-state index contributed by atoms with van der Waals surface area (Å²) >= 11 is 0. The molecule has 0 saturated carbocycles. The van der Waals surface area contributed by atoms with Crippen LogP contribution in [0.4, 0.5) is 0 Å². The molecule has 0 spiro atoms. The zero-order valence-corrected chi connectivity index (χ0v) is 9.46. The number of hydrogen-bond acceptors (Lipinski definition) is 1. The summed E-state index contributed by atoms with van der Waals surface area (Å²) in [6.45, 7) is 4.19. The molecule has 1 heteroatoms. The first-order chi connectivity index (χ1) is 7.18. The van der Waals surface area contributed by atoms with Crippen molar-refractivity contribution >= 4 is 0 Å². The van der Waals surface area contributed by atoms with Gasteiger partial charge in [0.2, 0.25) is 0 Å². The number of aliphatic hydroxyl groups is 1. The quantitative estimate of drug-likeness (QED) is 0.728. The standard InChI is InChI=1S/C14H18O/c1-10-7-8-13(9-11(10)2)14(15)12-5-3-4-6-12/h5,7-9,14-15H,3-4,6H2,1-2H3. The molecule has 1 unspecified atom stereocenters. The van der Waals surface area contributed by atoms with Gasteiger partial charge in [0, 0.05) is 0 Å². The molecule has 0 amide bonds. The van der Waals surface area contributed by atoms with E-state index in [1.165, 1.54) is 23.1 Å². The van der Waals surface area contributed by atoms with E-state index in [1.54, 1.807) is 0 Å². The normalized spacial score (nSPS) is 17.7. The predicted octanol–water partition coefficient (Wildman–Crippen LogP) is 3.45. The molecule has 0 fully saturated rings. The molecule has 1 nitrogen and oxygen atoms in total. The average Bonchev–Trinajstić information content (AvgIpc) is 2.74. The van der Waals surface area contributed by atoms with E-state index in [1.807, 2.05) is 6.07 Å². The van der Waals surface area contributed by atoms with Crippen molar-refractivity contribution in [2.24, 2.45) is 0 Å². The third-order valence-electron chi connectivity index (χ3n) is 3.27. The highest BCUT2D eigenvalue weighted by atomic mass is 16.3. The van der Waals surface area contributed by atoms with Crippen molar-refractivity contribution in [3.63, 3.8) is 0 Å². The van der Waals surface area contributed by atoms with Crippen LogP contribution in [-0.2, 0) is 0 Å². The van der Waals surface area contributed by atoms with Gasteiger partial charge in [-0.05, 0) is 55.4 Å². The second kappa shape index (κ2) is 4.19. The van der Waals surface area contributed by atoms with Gasteiger partial charge in [-0.15, -0.1) is 0 Å². The van der Waals surface area contributed by atoms with E-state index in [0.29, 0.717) is 0 Å². The number of hydrogen-bond donors (Lipinski definition) is 1. The van der Waals surface area contributed by atoms with Crippen molar-refractivity contribution in [1.29, 1.82) is 0 Å². The molecule has 1 aromatic carbocycles. The molecule has 0 aromatic heterocycles. The zero-order chi connectivity index (χ0) is 10.8. The van der Waals surface area contributed by atoms with Gasteiger partial charge in [0.25, 0.3) is 0 Å². The highest BCUT2D eigenvalue weighted by molar-refractivity contribution is 5.34. The van der Waals surface area contributed by atoms with E-state index < -0.39 is 0 Å². The van der Waals surface area contributed by atoms with E-state index in [0.717, 1.165) is 18.4 Å². The molecular formula is C14H18O. The topological polar surface area (TPSA) is 20.2 Å². The van der Waals surface area contributed by atoms with Crippen LogP contribution in [0, 0.1) is 13.8 Å². The monoisotopic (exact) mass is 202 g/mol. The molecule has 2 rings (SSSR count). The lowest BCUT2D eigenvalue weighted by molar-refractivity contribution is 0.212. The Morgan fingerprint density at radius 3 is 2.60 bits per heavy atom. The number of allylic oxidation sites excluding steroid dienone is 1. The van der Waals surface area contributed by atoms with Gasteiger partial charge >= 0.3 is 0 Å². The lowest BCUT2D eigenvalue weighted by Gasteiger charge is -2.13. The minimum absolute atomic E-state index is 0.383. The molecule has 1 aliphatic carbocycles. The Morgan fingerprint density at radius 1 is 1.20 bits per heavy atom. The van der Waals surface area contributed by atoms with Crippen LogP contribution in [-0.4, -0.2) is 5.11 Å². The second-order valence-corrected chi connectivity index (χ2v) is 4.42. The van der Waals surface area contributed by atoms with Gasteiger partial charge in [-0.3, -0.25) is 0 Å². The summed E-state index contributed by atoms with van der Waals surface area (Å²) in [5, 5.41) is 10.2. The Labute approximate surface area is 91.4 Å². The Hall–Kier alpha value is -1.08. The molecule has 0 heterocycles. The van der Waals surface area contributed by atoms with Crippen LogP contribution in [0.1, 0.15) is 42.1 Å². The SMILES string of the molecule is Cc1ccc(C(O)C2=CCCC2)cc1C. The van der Waals surface area contributed by atoms with E-state index >= 15 is 0 Å². The number of rotatable bonds is 2. The number of aryl methyl sites for hydroxylation is 2. The van der Waals surface area contributed by atoms with Crippen molar-refractivity contribution in [1.82, 2.24) is 0 Å². The zero-order valence-electron chi connectivity index (χ0n) is 9.46. The first kappa shape index (κ1) is 10.4.